The first kappa shape index (κ1) is 14.3. The lowest BCUT2D eigenvalue weighted by Crippen LogP contribution is -2.33. The monoisotopic (exact) mass is 273 g/mol. The van der Waals surface area contributed by atoms with Gasteiger partial charge < -0.3 is 10.4 Å². The lowest BCUT2D eigenvalue weighted by Gasteiger charge is -2.12. The van der Waals surface area contributed by atoms with E-state index >= 15 is 0 Å². The number of nitrogens with zero attached hydrogens (tertiary/aromatic N) is 2. The van der Waals surface area contributed by atoms with Gasteiger partial charge in [-0.1, -0.05) is 30.3 Å². The van der Waals surface area contributed by atoms with Crippen LogP contribution in [0.1, 0.15) is 12.0 Å². The molecule has 0 aliphatic rings. The summed E-state index contributed by atoms with van der Waals surface area (Å²) < 4.78 is 1.71. The largest absolute Gasteiger partial charge is 0.391 e. The summed E-state index contributed by atoms with van der Waals surface area (Å²) in [6.45, 7) is 0.820. The Morgan fingerprint density at radius 3 is 2.80 bits per heavy atom. The molecule has 2 rings (SSSR count). The number of aryl methyl sites for hydroxylation is 1. The number of carbonyl (C=O) groups excluding carboxylic acids is 1. The van der Waals surface area contributed by atoms with E-state index in [0.717, 1.165) is 5.56 Å². The van der Waals surface area contributed by atoms with Gasteiger partial charge in [0, 0.05) is 38.3 Å². The first-order chi connectivity index (χ1) is 9.74. The zero-order chi connectivity index (χ0) is 14.2. The molecule has 0 radical (unpaired) electrons. The summed E-state index contributed by atoms with van der Waals surface area (Å²) in [5.74, 6) is -0.0763. The maximum atomic E-state index is 11.6. The molecule has 1 heterocycles. The van der Waals surface area contributed by atoms with Gasteiger partial charge in [-0.05, 0) is 11.6 Å². The van der Waals surface area contributed by atoms with E-state index in [0.29, 0.717) is 19.4 Å². The number of carbonyl (C=O) groups is 1. The van der Waals surface area contributed by atoms with Crippen LogP contribution in [0.3, 0.4) is 0 Å². The summed E-state index contributed by atoms with van der Waals surface area (Å²) >= 11 is 0. The normalized spacial score (nSPS) is 12.1. The van der Waals surface area contributed by atoms with Crippen LogP contribution in [0.4, 0.5) is 0 Å². The van der Waals surface area contributed by atoms with Crippen molar-refractivity contribution in [2.24, 2.45) is 0 Å². The van der Waals surface area contributed by atoms with E-state index in [2.05, 4.69) is 10.4 Å². The van der Waals surface area contributed by atoms with Gasteiger partial charge in [-0.3, -0.25) is 9.48 Å². The second-order valence-electron chi connectivity index (χ2n) is 4.67. The number of hydrogen-bond donors (Lipinski definition) is 2. The minimum absolute atomic E-state index is 0.0763. The number of amides is 1. The fraction of sp³-hybridized carbons (Fsp3) is 0.333. The zero-order valence-corrected chi connectivity index (χ0v) is 11.3. The molecule has 0 fully saturated rings. The molecule has 1 amide bonds. The Kier molecular flexibility index (Phi) is 5.32. The molecule has 0 bridgehead atoms. The summed E-state index contributed by atoms with van der Waals surface area (Å²) in [5, 5.41) is 16.6. The Balaban J connectivity index is 1.65. The van der Waals surface area contributed by atoms with Crippen molar-refractivity contribution in [1.82, 2.24) is 15.1 Å². The van der Waals surface area contributed by atoms with E-state index in [1.165, 1.54) is 0 Å². The van der Waals surface area contributed by atoms with Crippen LogP contribution in [0.5, 0.6) is 0 Å². The number of aromatic nitrogens is 2. The lowest BCUT2D eigenvalue weighted by molar-refractivity contribution is -0.121. The third kappa shape index (κ3) is 4.85. The van der Waals surface area contributed by atoms with Crippen LogP contribution in [0.15, 0.2) is 48.8 Å². The van der Waals surface area contributed by atoms with E-state index < -0.39 is 6.10 Å². The molecule has 2 N–H and O–H groups in total. The van der Waals surface area contributed by atoms with Gasteiger partial charge in [0.1, 0.15) is 0 Å². The molecule has 106 valence electrons. The molecule has 1 aromatic carbocycles. The summed E-state index contributed by atoms with van der Waals surface area (Å²) in [5.41, 5.74) is 1.06. The molecule has 0 saturated carbocycles. The van der Waals surface area contributed by atoms with Crippen LogP contribution in [0.25, 0.3) is 0 Å². The number of nitrogens with one attached hydrogen (secondary N) is 1. The number of aliphatic hydroxyl groups is 1. The molecule has 0 saturated heterocycles. The smallest absolute Gasteiger partial charge is 0.221 e. The quantitative estimate of drug-likeness (QED) is 0.790. The van der Waals surface area contributed by atoms with E-state index in [1.807, 2.05) is 42.6 Å². The van der Waals surface area contributed by atoms with Crippen molar-refractivity contribution in [3.8, 4) is 0 Å². The van der Waals surface area contributed by atoms with Crippen molar-refractivity contribution in [3.63, 3.8) is 0 Å². The summed E-state index contributed by atoms with van der Waals surface area (Å²) in [7, 11) is 0. The molecule has 2 aromatic rings. The minimum Gasteiger partial charge on any atom is -0.391 e. The average molecular weight is 273 g/mol. The number of hydrogen-bond acceptors (Lipinski definition) is 3. The summed E-state index contributed by atoms with van der Waals surface area (Å²) in [6.07, 6.45) is 3.84. The van der Waals surface area contributed by atoms with E-state index in [1.54, 1.807) is 10.9 Å². The summed E-state index contributed by atoms with van der Waals surface area (Å²) in [6, 6.07) is 11.6. The van der Waals surface area contributed by atoms with E-state index in [9.17, 15) is 9.90 Å². The minimum atomic E-state index is -0.564. The molecule has 20 heavy (non-hydrogen) atoms. The fourth-order valence-corrected chi connectivity index (χ4v) is 1.93. The first-order valence-corrected chi connectivity index (χ1v) is 6.70. The molecule has 0 aliphatic heterocycles. The highest BCUT2D eigenvalue weighted by Gasteiger charge is 2.08. The molecule has 0 spiro atoms. The second kappa shape index (κ2) is 7.45. The van der Waals surface area contributed by atoms with Gasteiger partial charge in [-0.2, -0.15) is 5.10 Å². The van der Waals surface area contributed by atoms with Gasteiger partial charge in [0.2, 0.25) is 5.91 Å². The van der Waals surface area contributed by atoms with Crippen molar-refractivity contribution in [2.45, 2.75) is 25.5 Å². The number of rotatable bonds is 7. The Bertz CT molecular complexity index is 511. The third-order valence-electron chi connectivity index (χ3n) is 2.98. The Hall–Kier alpha value is -2.14. The predicted molar refractivity (Wildman–Crippen MR) is 76.0 cm³/mol. The molecule has 0 unspecified atom stereocenters. The highest BCUT2D eigenvalue weighted by Crippen LogP contribution is 2.02. The average Bonchev–Trinajstić information content (AvgIpc) is 2.97. The molecule has 5 nitrogen and oxygen atoms in total. The molecular formula is C15H19N3O2. The van der Waals surface area contributed by atoms with Gasteiger partial charge in [-0.15, -0.1) is 0 Å². The Morgan fingerprint density at radius 1 is 1.30 bits per heavy atom. The van der Waals surface area contributed by atoms with Crippen LogP contribution < -0.4 is 5.32 Å². The predicted octanol–water partition coefficient (Wildman–Crippen LogP) is 0.993. The maximum absolute atomic E-state index is 11.6. The number of aliphatic hydroxyl groups excluding tert-OH is 1. The molecule has 0 aliphatic carbocycles. The van der Waals surface area contributed by atoms with Crippen molar-refractivity contribution in [2.75, 3.05) is 6.54 Å². The third-order valence-corrected chi connectivity index (χ3v) is 2.98. The van der Waals surface area contributed by atoms with Gasteiger partial charge in [0.05, 0.1) is 6.10 Å². The highest BCUT2D eigenvalue weighted by atomic mass is 16.3. The van der Waals surface area contributed by atoms with Crippen molar-refractivity contribution >= 4 is 5.91 Å². The van der Waals surface area contributed by atoms with Crippen LogP contribution in [0.2, 0.25) is 0 Å². The number of benzene rings is 1. The van der Waals surface area contributed by atoms with E-state index in [4.69, 9.17) is 0 Å². The molecule has 5 heteroatoms. The van der Waals surface area contributed by atoms with Crippen LogP contribution in [0, 0.1) is 0 Å². The topological polar surface area (TPSA) is 67.2 Å². The Labute approximate surface area is 118 Å². The standard InChI is InChI=1S/C15H19N3O2/c19-14(11-13-5-2-1-3-6-13)12-16-15(20)7-10-18-9-4-8-17-18/h1-6,8-9,14,19H,7,10-12H2,(H,16,20)/t14-/m1/s1. The van der Waals surface area contributed by atoms with Crippen LogP contribution in [-0.2, 0) is 17.8 Å². The molecule has 1 aromatic heterocycles. The first-order valence-electron chi connectivity index (χ1n) is 6.70. The van der Waals surface area contributed by atoms with Crippen LogP contribution >= 0.6 is 0 Å². The Morgan fingerprint density at radius 2 is 2.10 bits per heavy atom. The van der Waals surface area contributed by atoms with Crippen molar-refractivity contribution in [3.05, 3.63) is 54.4 Å². The maximum Gasteiger partial charge on any atom is 0.221 e. The van der Waals surface area contributed by atoms with Gasteiger partial charge >= 0.3 is 0 Å². The molecular weight excluding hydrogens is 254 g/mol. The van der Waals surface area contributed by atoms with Crippen molar-refractivity contribution < 1.29 is 9.90 Å². The highest BCUT2D eigenvalue weighted by molar-refractivity contribution is 5.75. The second-order valence-corrected chi connectivity index (χ2v) is 4.67. The van der Waals surface area contributed by atoms with Crippen molar-refractivity contribution in [1.29, 1.82) is 0 Å². The SMILES string of the molecule is O=C(CCn1cccn1)NC[C@H](O)Cc1ccccc1. The van der Waals surface area contributed by atoms with Crippen LogP contribution in [-0.4, -0.2) is 33.4 Å². The zero-order valence-electron chi connectivity index (χ0n) is 11.3. The summed E-state index contributed by atoms with van der Waals surface area (Å²) in [4.78, 5) is 11.6. The van der Waals surface area contributed by atoms with E-state index in [-0.39, 0.29) is 12.5 Å². The van der Waals surface area contributed by atoms with Gasteiger partial charge in [0.25, 0.3) is 0 Å². The molecule has 1 atom stereocenters. The van der Waals surface area contributed by atoms with Gasteiger partial charge in [-0.25, -0.2) is 0 Å². The lowest BCUT2D eigenvalue weighted by atomic mass is 10.1. The van der Waals surface area contributed by atoms with Gasteiger partial charge in [0.15, 0.2) is 0 Å². The fourth-order valence-electron chi connectivity index (χ4n) is 1.93.